The van der Waals surface area contributed by atoms with Crippen LogP contribution < -0.4 is 4.72 Å². The van der Waals surface area contributed by atoms with E-state index in [1.54, 1.807) is 4.72 Å². The van der Waals surface area contributed by atoms with Crippen LogP contribution >= 0.6 is 0 Å². The third-order valence-electron chi connectivity index (χ3n) is 2.47. The van der Waals surface area contributed by atoms with Crippen molar-refractivity contribution in [2.75, 3.05) is 18.3 Å². The van der Waals surface area contributed by atoms with Crippen LogP contribution in [0.5, 0.6) is 0 Å². The lowest BCUT2D eigenvalue weighted by atomic mass is 10.2. The van der Waals surface area contributed by atoms with E-state index in [0.29, 0.717) is 4.31 Å². The van der Waals surface area contributed by atoms with Crippen molar-refractivity contribution in [2.45, 2.75) is 6.42 Å². The van der Waals surface area contributed by atoms with Gasteiger partial charge >= 0.3 is 16.2 Å². The molecular formula is C10H12FN3O6S. The molecule has 21 heavy (non-hydrogen) atoms. The zero-order valence-corrected chi connectivity index (χ0v) is 11.6. The van der Waals surface area contributed by atoms with Gasteiger partial charge in [-0.1, -0.05) is 6.07 Å². The molecule has 0 aliphatic heterocycles. The summed E-state index contributed by atoms with van der Waals surface area (Å²) in [6.45, 7) is -0.368. The second-order valence-electron chi connectivity index (χ2n) is 3.96. The molecule has 2 N–H and O–H groups in total. The van der Waals surface area contributed by atoms with Gasteiger partial charge in [0, 0.05) is 19.7 Å². The second kappa shape index (κ2) is 6.45. The van der Waals surface area contributed by atoms with E-state index < -0.39 is 44.7 Å². The number of rotatable bonds is 7. The van der Waals surface area contributed by atoms with Crippen molar-refractivity contribution in [1.29, 1.82) is 0 Å². The summed E-state index contributed by atoms with van der Waals surface area (Å²) in [5.74, 6) is -2.33. The Morgan fingerprint density at radius 3 is 2.67 bits per heavy atom. The Kier molecular flexibility index (Phi) is 5.16. The maximum absolute atomic E-state index is 13.6. The van der Waals surface area contributed by atoms with Crippen LogP contribution in [0.25, 0.3) is 0 Å². The molecule has 1 aromatic carbocycles. The maximum Gasteiger partial charge on any atom is 0.304 e. The van der Waals surface area contributed by atoms with Crippen LogP contribution in [0.1, 0.15) is 6.42 Å². The number of benzene rings is 1. The maximum atomic E-state index is 13.6. The van der Waals surface area contributed by atoms with Crippen molar-refractivity contribution in [2.24, 2.45) is 0 Å². The third kappa shape index (κ3) is 4.36. The van der Waals surface area contributed by atoms with E-state index >= 15 is 0 Å². The molecule has 9 nitrogen and oxygen atoms in total. The lowest BCUT2D eigenvalue weighted by Gasteiger charge is -2.17. The molecule has 1 rings (SSSR count). The smallest absolute Gasteiger partial charge is 0.304 e. The van der Waals surface area contributed by atoms with E-state index in [-0.39, 0.29) is 6.54 Å². The first-order chi connectivity index (χ1) is 9.65. The number of aliphatic carboxylic acids is 1. The highest BCUT2D eigenvalue weighted by molar-refractivity contribution is 7.90. The normalized spacial score (nSPS) is 11.4. The van der Waals surface area contributed by atoms with E-state index in [2.05, 4.69) is 0 Å². The number of hydrogen-bond acceptors (Lipinski definition) is 5. The number of carbonyl (C=O) groups is 1. The third-order valence-corrected chi connectivity index (χ3v) is 3.94. The number of nitrogens with one attached hydrogen (secondary N) is 1. The Morgan fingerprint density at radius 2 is 2.14 bits per heavy atom. The summed E-state index contributed by atoms with van der Waals surface area (Å²) in [5.41, 5.74) is -1.55. The number of carboxylic acid groups (broad SMARTS) is 1. The minimum Gasteiger partial charge on any atom is -0.481 e. The van der Waals surface area contributed by atoms with Crippen molar-refractivity contribution < 1.29 is 27.6 Å². The van der Waals surface area contributed by atoms with E-state index in [4.69, 9.17) is 5.11 Å². The molecule has 0 aromatic heterocycles. The number of hydrogen-bond donors (Lipinski definition) is 2. The van der Waals surface area contributed by atoms with Crippen LogP contribution in [0.15, 0.2) is 18.2 Å². The van der Waals surface area contributed by atoms with Gasteiger partial charge in [-0.15, -0.1) is 0 Å². The van der Waals surface area contributed by atoms with E-state index in [1.165, 1.54) is 0 Å². The molecule has 0 amide bonds. The second-order valence-corrected chi connectivity index (χ2v) is 5.74. The summed E-state index contributed by atoms with van der Waals surface area (Å²) in [7, 11) is -3.24. The van der Waals surface area contributed by atoms with Gasteiger partial charge in [0.2, 0.25) is 0 Å². The van der Waals surface area contributed by atoms with E-state index in [1.807, 2.05) is 0 Å². The Bertz CT molecular complexity index is 663. The standard InChI is InChI=1S/C10H12FN3O6S/c1-13(6-5-9(15)16)21(19,20)12-10-7(11)3-2-4-8(10)14(17)18/h2-4,12H,5-6H2,1H3,(H,15,16). The topological polar surface area (TPSA) is 130 Å². The highest BCUT2D eigenvalue weighted by atomic mass is 32.2. The molecule has 116 valence electrons. The van der Waals surface area contributed by atoms with Gasteiger partial charge in [0.15, 0.2) is 11.5 Å². The van der Waals surface area contributed by atoms with Gasteiger partial charge in [0.05, 0.1) is 11.3 Å². The zero-order chi connectivity index (χ0) is 16.2. The minimum atomic E-state index is -4.31. The van der Waals surface area contributed by atoms with Gasteiger partial charge in [0.1, 0.15) is 0 Å². The SMILES string of the molecule is CN(CCC(=O)O)S(=O)(=O)Nc1c(F)cccc1[N+](=O)[O-]. The average Bonchev–Trinajstić information content (AvgIpc) is 2.37. The first kappa shape index (κ1) is 16.8. The molecule has 0 radical (unpaired) electrons. The summed E-state index contributed by atoms with van der Waals surface area (Å²) in [6.07, 6.45) is -0.462. The number of halogens is 1. The van der Waals surface area contributed by atoms with Crippen LogP contribution in [0, 0.1) is 15.9 Å². The van der Waals surface area contributed by atoms with Crippen LogP contribution in [-0.2, 0) is 15.0 Å². The first-order valence-corrected chi connectivity index (χ1v) is 6.98. The lowest BCUT2D eigenvalue weighted by Crippen LogP contribution is -2.34. The summed E-state index contributed by atoms with van der Waals surface area (Å²) in [6, 6.07) is 2.87. The van der Waals surface area contributed by atoms with Crippen molar-refractivity contribution in [3.8, 4) is 0 Å². The Balaban J connectivity index is 3.04. The largest absolute Gasteiger partial charge is 0.481 e. The van der Waals surface area contributed by atoms with Crippen LogP contribution in [-0.4, -0.2) is 42.3 Å². The number of anilines is 1. The number of nitrogens with zero attached hydrogens (tertiary/aromatic N) is 2. The molecule has 1 aromatic rings. The fraction of sp³-hybridized carbons (Fsp3) is 0.300. The quantitative estimate of drug-likeness (QED) is 0.564. The van der Waals surface area contributed by atoms with Gasteiger partial charge in [-0.2, -0.15) is 12.7 Å². The highest BCUT2D eigenvalue weighted by Crippen LogP contribution is 2.28. The first-order valence-electron chi connectivity index (χ1n) is 5.54. The number of nitro benzene ring substituents is 1. The molecule has 0 bridgehead atoms. The van der Waals surface area contributed by atoms with Gasteiger partial charge < -0.3 is 5.11 Å². The van der Waals surface area contributed by atoms with E-state index in [0.717, 1.165) is 25.2 Å². The fourth-order valence-electron chi connectivity index (χ4n) is 1.35. The monoisotopic (exact) mass is 321 g/mol. The molecule has 11 heteroatoms. The molecule has 0 aliphatic carbocycles. The summed E-state index contributed by atoms with van der Waals surface area (Å²) in [4.78, 5) is 20.2. The summed E-state index contributed by atoms with van der Waals surface area (Å²) < 4.78 is 39.7. The van der Waals surface area contributed by atoms with Crippen molar-refractivity contribution in [3.05, 3.63) is 34.1 Å². The molecule has 0 aliphatic rings. The molecule has 0 spiro atoms. The average molecular weight is 321 g/mol. The molecule has 0 heterocycles. The predicted octanol–water partition coefficient (Wildman–Crippen LogP) is 0.797. The zero-order valence-electron chi connectivity index (χ0n) is 10.8. The van der Waals surface area contributed by atoms with Crippen molar-refractivity contribution >= 4 is 27.6 Å². The Morgan fingerprint density at radius 1 is 1.52 bits per heavy atom. The van der Waals surface area contributed by atoms with Gasteiger partial charge in [0.25, 0.3) is 5.69 Å². The Labute approximate surface area is 119 Å². The highest BCUT2D eigenvalue weighted by Gasteiger charge is 2.25. The van der Waals surface area contributed by atoms with Crippen molar-refractivity contribution in [3.63, 3.8) is 0 Å². The summed E-state index contributed by atoms with van der Waals surface area (Å²) >= 11 is 0. The van der Waals surface area contributed by atoms with Crippen LogP contribution in [0.3, 0.4) is 0 Å². The van der Waals surface area contributed by atoms with E-state index in [9.17, 15) is 27.7 Å². The number of carboxylic acids is 1. The minimum absolute atomic E-state index is 0.368. The Hall–Kier alpha value is -2.27. The fourth-order valence-corrected chi connectivity index (χ4v) is 2.29. The molecule has 0 unspecified atom stereocenters. The van der Waals surface area contributed by atoms with Crippen LogP contribution in [0.4, 0.5) is 15.8 Å². The number of para-hydroxylation sites is 1. The molecular weight excluding hydrogens is 309 g/mol. The van der Waals surface area contributed by atoms with Crippen LogP contribution in [0.2, 0.25) is 0 Å². The molecule has 0 atom stereocenters. The molecule has 0 fully saturated rings. The summed E-state index contributed by atoms with van der Waals surface area (Å²) in [5, 5.41) is 19.2. The number of nitro groups is 1. The van der Waals surface area contributed by atoms with Gasteiger partial charge in [-0.3, -0.25) is 19.6 Å². The predicted molar refractivity (Wildman–Crippen MR) is 70.5 cm³/mol. The molecule has 0 saturated heterocycles. The van der Waals surface area contributed by atoms with Crippen molar-refractivity contribution in [1.82, 2.24) is 4.31 Å². The molecule has 0 saturated carbocycles. The van der Waals surface area contributed by atoms with Gasteiger partial charge in [-0.05, 0) is 6.07 Å². The van der Waals surface area contributed by atoms with Gasteiger partial charge in [-0.25, -0.2) is 4.39 Å². The lowest BCUT2D eigenvalue weighted by molar-refractivity contribution is -0.384.